The summed E-state index contributed by atoms with van der Waals surface area (Å²) in [5, 5.41) is 16.9. The van der Waals surface area contributed by atoms with E-state index in [0.29, 0.717) is 22.6 Å². The van der Waals surface area contributed by atoms with Crippen molar-refractivity contribution in [2.45, 2.75) is 12.5 Å². The van der Waals surface area contributed by atoms with Crippen molar-refractivity contribution in [3.05, 3.63) is 99.0 Å². The standard InChI is InChI=1S/C22H16BrClN2O2/c23-16-10-8-14(9-11-16)19-13-20(18-6-1-2-7-21(18)27)26(25-19)22(28)15-4-3-5-17(24)12-15/h1-12,20,27H,13H2. The van der Waals surface area contributed by atoms with Gasteiger partial charge in [0.2, 0.25) is 0 Å². The first-order valence-corrected chi connectivity index (χ1v) is 9.90. The Morgan fingerprint density at radius 2 is 1.82 bits per heavy atom. The first kappa shape index (κ1) is 18.7. The fourth-order valence-electron chi connectivity index (χ4n) is 3.28. The maximum Gasteiger partial charge on any atom is 0.274 e. The van der Waals surface area contributed by atoms with E-state index in [9.17, 15) is 9.90 Å². The Morgan fingerprint density at radius 1 is 1.07 bits per heavy atom. The van der Waals surface area contributed by atoms with E-state index in [-0.39, 0.29) is 11.7 Å². The van der Waals surface area contributed by atoms with Gasteiger partial charge in [0.25, 0.3) is 5.91 Å². The maximum atomic E-state index is 13.2. The second-order valence-electron chi connectivity index (χ2n) is 6.49. The van der Waals surface area contributed by atoms with Crippen LogP contribution in [0.4, 0.5) is 0 Å². The molecule has 3 aromatic rings. The predicted molar refractivity (Wildman–Crippen MR) is 114 cm³/mol. The summed E-state index contributed by atoms with van der Waals surface area (Å²) >= 11 is 9.50. The van der Waals surface area contributed by atoms with Crippen LogP contribution in [0.3, 0.4) is 0 Å². The van der Waals surface area contributed by atoms with E-state index in [1.165, 1.54) is 5.01 Å². The van der Waals surface area contributed by atoms with E-state index in [1.807, 2.05) is 36.4 Å². The summed E-state index contributed by atoms with van der Waals surface area (Å²) in [6.45, 7) is 0. The summed E-state index contributed by atoms with van der Waals surface area (Å²) in [7, 11) is 0. The molecule has 0 fully saturated rings. The molecule has 1 heterocycles. The van der Waals surface area contributed by atoms with Gasteiger partial charge in [-0.2, -0.15) is 5.10 Å². The van der Waals surface area contributed by atoms with Crippen LogP contribution in [0.1, 0.15) is 33.9 Å². The zero-order valence-electron chi connectivity index (χ0n) is 14.7. The fraction of sp³-hybridized carbons (Fsp3) is 0.0909. The van der Waals surface area contributed by atoms with Crippen molar-refractivity contribution in [2.75, 3.05) is 0 Å². The lowest BCUT2D eigenvalue weighted by Crippen LogP contribution is -2.27. The third-order valence-corrected chi connectivity index (χ3v) is 5.43. The number of benzene rings is 3. The van der Waals surface area contributed by atoms with E-state index in [4.69, 9.17) is 11.6 Å². The van der Waals surface area contributed by atoms with E-state index in [2.05, 4.69) is 21.0 Å². The average molecular weight is 456 g/mol. The summed E-state index contributed by atoms with van der Waals surface area (Å²) < 4.78 is 0.971. The summed E-state index contributed by atoms with van der Waals surface area (Å²) in [5.41, 5.74) is 2.84. The number of carbonyl (C=O) groups excluding carboxylic acids is 1. The molecule has 0 saturated carbocycles. The molecule has 3 aromatic carbocycles. The molecule has 1 aliphatic rings. The summed E-state index contributed by atoms with van der Waals surface area (Å²) in [4.78, 5) is 13.2. The van der Waals surface area contributed by atoms with Gasteiger partial charge in [0, 0.05) is 27.0 Å². The highest BCUT2D eigenvalue weighted by atomic mass is 79.9. The van der Waals surface area contributed by atoms with Crippen LogP contribution in [0.25, 0.3) is 0 Å². The Labute approximate surface area is 176 Å². The summed E-state index contributed by atoms with van der Waals surface area (Å²) in [5.74, 6) is -0.119. The molecule has 1 N–H and O–H groups in total. The largest absolute Gasteiger partial charge is 0.508 e. The van der Waals surface area contributed by atoms with Gasteiger partial charge in [-0.3, -0.25) is 4.79 Å². The van der Waals surface area contributed by atoms with Crippen molar-refractivity contribution in [3.63, 3.8) is 0 Å². The third kappa shape index (κ3) is 3.68. The number of nitrogens with zero attached hydrogens (tertiary/aromatic N) is 2. The molecular formula is C22H16BrClN2O2. The highest BCUT2D eigenvalue weighted by Crippen LogP contribution is 2.38. The molecule has 0 bridgehead atoms. The Bertz CT molecular complexity index is 1070. The molecule has 0 radical (unpaired) electrons. The van der Waals surface area contributed by atoms with Gasteiger partial charge in [0.05, 0.1) is 11.8 Å². The number of para-hydroxylation sites is 1. The average Bonchev–Trinajstić information content (AvgIpc) is 3.13. The topological polar surface area (TPSA) is 52.9 Å². The van der Waals surface area contributed by atoms with Crippen LogP contribution in [0.15, 0.2) is 82.4 Å². The van der Waals surface area contributed by atoms with Gasteiger partial charge in [-0.15, -0.1) is 0 Å². The van der Waals surface area contributed by atoms with Crippen LogP contribution < -0.4 is 0 Å². The molecule has 0 aliphatic carbocycles. The number of phenolic OH excluding ortho intramolecular Hbond substituents is 1. The van der Waals surface area contributed by atoms with Gasteiger partial charge >= 0.3 is 0 Å². The molecule has 4 nitrogen and oxygen atoms in total. The Balaban J connectivity index is 1.76. The second kappa shape index (κ2) is 7.78. The first-order chi connectivity index (χ1) is 13.5. The molecule has 1 atom stereocenters. The van der Waals surface area contributed by atoms with E-state index in [0.717, 1.165) is 15.7 Å². The molecular weight excluding hydrogens is 440 g/mol. The van der Waals surface area contributed by atoms with Gasteiger partial charge in [-0.05, 0) is 42.0 Å². The zero-order valence-corrected chi connectivity index (χ0v) is 17.1. The molecule has 0 spiro atoms. The van der Waals surface area contributed by atoms with Crippen molar-refractivity contribution >= 4 is 39.1 Å². The number of phenols is 1. The number of amides is 1. The Morgan fingerprint density at radius 3 is 2.54 bits per heavy atom. The van der Waals surface area contributed by atoms with Crippen molar-refractivity contribution in [3.8, 4) is 5.75 Å². The van der Waals surface area contributed by atoms with Crippen LogP contribution in [-0.4, -0.2) is 21.7 Å². The number of hydrogen-bond acceptors (Lipinski definition) is 3. The molecule has 6 heteroatoms. The lowest BCUT2D eigenvalue weighted by molar-refractivity contribution is 0.0709. The van der Waals surface area contributed by atoms with Crippen LogP contribution >= 0.6 is 27.5 Å². The fourth-order valence-corrected chi connectivity index (χ4v) is 3.73. The number of aromatic hydroxyl groups is 1. The van der Waals surface area contributed by atoms with Gasteiger partial charge in [0.15, 0.2) is 0 Å². The van der Waals surface area contributed by atoms with Crippen molar-refractivity contribution in [1.82, 2.24) is 5.01 Å². The van der Waals surface area contributed by atoms with Crippen LogP contribution in [0.5, 0.6) is 5.75 Å². The first-order valence-electron chi connectivity index (χ1n) is 8.73. The lowest BCUT2D eigenvalue weighted by atomic mass is 9.97. The minimum Gasteiger partial charge on any atom is -0.508 e. The minimum absolute atomic E-state index is 0.142. The maximum absolute atomic E-state index is 13.2. The van der Waals surface area contributed by atoms with E-state index >= 15 is 0 Å². The highest BCUT2D eigenvalue weighted by molar-refractivity contribution is 9.10. The van der Waals surface area contributed by atoms with Crippen LogP contribution in [0.2, 0.25) is 5.02 Å². The summed E-state index contributed by atoms with van der Waals surface area (Å²) in [6.07, 6.45) is 0.505. The van der Waals surface area contributed by atoms with Crippen molar-refractivity contribution < 1.29 is 9.90 Å². The van der Waals surface area contributed by atoms with Gasteiger partial charge in [0.1, 0.15) is 5.75 Å². The molecule has 0 aromatic heterocycles. The van der Waals surface area contributed by atoms with Crippen molar-refractivity contribution in [1.29, 1.82) is 0 Å². The number of carbonyl (C=O) groups is 1. The smallest absolute Gasteiger partial charge is 0.274 e. The number of hydrazone groups is 1. The second-order valence-corrected chi connectivity index (χ2v) is 7.84. The molecule has 0 saturated heterocycles. The van der Waals surface area contributed by atoms with Crippen molar-refractivity contribution in [2.24, 2.45) is 5.10 Å². The zero-order chi connectivity index (χ0) is 19.7. The predicted octanol–water partition coefficient (Wildman–Crippen LogP) is 5.80. The van der Waals surface area contributed by atoms with Crippen LogP contribution in [-0.2, 0) is 0 Å². The summed E-state index contributed by atoms with van der Waals surface area (Å²) in [6, 6.07) is 21.2. The van der Waals surface area contributed by atoms with Gasteiger partial charge in [-0.1, -0.05) is 63.9 Å². The lowest BCUT2D eigenvalue weighted by Gasteiger charge is -2.22. The number of rotatable bonds is 3. The van der Waals surface area contributed by atoms with E-state index in [1.54, 1.807) is 36.4 Å². The highest BCUT2D eigenvalue weighted by Gasteiger charge is 2.35. The third-order valence-electron chi connectivity index (χ3n) is 4.66. The molecule has 28 heavy (non-hydrogen) atoms. The molecule has 1 unspecified atom stereocenters. The normalized spacial score (nSPS) is 16.1. The number of halogens is 2. The monoisotopic (exact) mass is 454 g/mol. The molecule has 1 amide bonds. The SMILES string of the molecule is O=C(c1cccc(Cl)c1)N1N=C(c2ccc(Br)cc2)CC1c1ccccc1O. The van der Waals surface area contributed by atoms with Crippen LogP contribution in [0, 0.1) is 0 Å². The van der Waals surface area contributed by atoms with E-state index < -0.39 is 6.04 Å². The quantitative estimate of drug-likeness (QED) is 0.543. The number of hydrogen-bond donors (Lipinski definition) is 1. The Hall–Kier alpha value is -2.63. The van der Waals surface area contributed by atoms with Gasteiger partial charge < -0.3 is 5.11 Å². The van der Waals surface area contributed by atoms with Gasteiger partial charge in [-0.25, -0.2) is 5.01 Å². The molecule has 4 rings (SSSR count). The molecule has 1 aliphatic heterocycles. The Kier molecular flexibility index (Phi) is 5.20. The minimum atomic E-state index is -0.397. The molecule has 140 valence electrons.